The van der Waals surface area contributed by atoms with Gasteiger partial charge in [-0.05, 0) is 6.07 Å². The second-order valence-electron chi connectivity index (χ2n) is 4.18. The molecule has 0 fully saturated rings. The molecule has 0 radical (unpaired) electrons. The Kier molecular flexibility index (Phi) is 2.84. The maximum atomic E-state index is 10.4. The molecule has 0 aliphatic rings. The van der Waals surface area contributed by atoms with Gasteiger partial charge in [0.2, 0.25) is 0 Å². The van der Waals surface area contributed by atoms with E-state index in [1.807, 2.05) is 26.8 Å². The van der Waals surface area contributed by atoms with E-state index in [-0.39, 0.29) is 11.8 Å². The third-order valence-electron chi connectivity index (χ3n) is 1.78. The first-order chi connectivity index (χ1) is 6.39. The highest BCUT2D eigenvalue weighted by Crippen LogP contribution is 2.19. The summed E-state index contributed by atoms with van der Waals surface area (Å²) in [6, 6.07) is 1.81. The van der Waals surface area contributed by atoms with Gasteiger partial charge in [-0.1, -0.05) is 20.8 Å². The second kappa shape index (κ2) is 3.74. The molecule has 0 bridgehead atoms. The van der Waals surface area contributed by atoms with Crippen LogP contribution in [0.3, 0.4) is 0 Å². The normalized spacial score (nSPS) is 11.4. The van der Waals surface area contributed by atoms with Gasteiger partial charge in [0.05, 0.1) is 0 Å². The van der Waals surface area contributed by atoms with Crippen LogP contribution in [0.2, 0.25) is 0 Å². The lowest BCUT2D eigenvalue weighted by molar-refractivity contribution is -0.136. The average Bonchev–Trinajstić information content (AvgIpc) is 2.01. The number of carboxylic acid groups (broad SMARTS) is 1. The molecule has 0 saturated carbocycles. The fraction of sp³-hybridized carbons (Fsp3) is 0.500. The highest BCUT2D eigenvalue weighted by Gasteiger charge is 2.16. The van der Waals surface area contributed by atoms with E-state index in [1.165, 1.54) is 0 Å². The summed E-state index contributed by atoms with van der Waals surface area (Å²) in [6.07, 6.45) is 1.48. The van der Waals surface area contributed by atoms with Crippen LogP contribution in [-0.2, 0) is 16.6 Å². The molecule has 0 aliphatic heterocycles. The SMILES string of the molecule is CC(C)(C)c1ccnc(CC(=O)O)n1. The Morgan fingerprint density at radius 3 is 2.64 bits per heavy atom. The number of aliphatic carboxylic acids is 1. The molecule has 0 amide bonds. The average molecular weight is 194 g/mol. The van der Waals surface area contributed by atoms with Crippen LogP contribution in [0.1, 0.15) is 32.3 Å². The van der Waals surface area contributed by atoms with E-state index in [0.717, 1.165) is 5.69 Å². The number of hydrogen-bond donors (Lipinski definition) is 1. The summed E-state index contributed by atoms with van der Waals surface area (Å²) in [5.74, 6) is -0.541. The van der Waals surface area contributed by atoms with Gasteiger partial charge in [0.1, 0.15) is 12.2 Å². The number of hydrogen-bond acceptors (Lipinski definition) is 3. The van der Waals surface area contributed by atoms with Crippen molar-refractivity contribution < 1.29 is 9.90 Å². The fourth-order valence-electron chi connectivity index (χ4n) is 1.04. The van der Waals surface area contributed by atoms with Crippen molar-refractivity contribution in [3.05, 3.63) is 23.8 Å². The lowest BCUT2D eigenvalue weighted by atomic mass is 9.92. The van der Waals surface area contributed by atoms with Crippen LogP contribution >= 0.6 is 0 Å². The maximum Gasteiger partial charge on any atom is 0.311 e. The second-order valence-corrected chi connectivity index (χ2v) is 4.18. The number of carbonyl (C=O) groups is 1. The van der Waals surface area contributed by atoms with Crippen molar-refractivity contribution >= 4 is 5.97 Å². The lowest BCUT2D eigenvalue weighted by Gasteiger charge is -2.17. The lowest BCUT2D eigenvalue weighted by Crippen LogP contribution is -2.16. The van der Waals surface area contributed by atoms with E-state index in [9.17, 15) is 4.79 Å². The fourth-order valence-corrected chi connectivity index (χ4v) is 1.04. The van der Waals surface area contributed by atoms with Crippen molar-refractivity contribution in [3.63, 3.8) is 0 Å². The molecule has 4 heteroatoms. The van der Waals surface area contributed by atoms with Crippen molar-refractivity contribution in [3.8, 4) is 0 Å². The largest absolute Gasteiger partial charge is 0.481 e. The summed E-state index contributed by atoms with van der Waals surface area (Å²) in [4.78, 5) is 18.5. The predicted molar refractivity (Wildman–Crippen MR) is 52.1 cm³/mol. The number of aromatic nitrogens is 2. The monoisotopic (exact) mass is 194 g/mol. The van der Waals surface area contributed by atoms with Crippen LogP contribution < -0.4 is 0 Å². The van der Waals surface area contributed by atoms with Crippen molar-refractivity contribution in [2.45, 2.75) is 32.6 Å². The van der Waals surface area contributed by atoms with Crippen molar-refractivity contribution in [2.24, 2.45) is 0 Å². The molecular weight excluding hydrogens is 180 g/mol. The number of nitrogens with zero attached hydrogens (tertiary/aromatic N) is 2. The minimum absolute atomic E-state index is 0.0732. The van der Waals surface area contributed by atoms with E-state index < -0.39 is 5.97 Å². The van der Waals surface area contributed by atoms with E-state index in [2.05, 4.69) is 9.97 Å². The zero-order valence-electron chi connectivity index (χ0n) is 8.61. The minimum atomic E-state index is -0.906. The van der Waals surface area contributed by atoms with E-state index >= 15 is 0 Å². The van der Waals surface area contributed by atoms with Gasteiger partial charge < -0.3 is 5.11 Å². The van der Waals surface area contributed by atoms with Gasteiger partial charge in [-0.25, -0.2) is 9.97 Å². The summed E-state index contributed by atoms with van der Waals surface area (Å²) >= 11 is 0. The van der Waals surface area contributed by atoms with Crippen LogP contribution in [-0.4, -0.2) is 21.0 Å². The van der Waals surface area contributed by atoms with Gasteiger partial charge in [-0.15, -0.1) is 0 Å². The Bertz CT molecular complexity index is 342. The van der Waals surface area contributed by atoms with Crippen LogP contribution in [0, 0.1) is 0 Å². The molecule has 1 rings (SSSR count). The molecule has 1 aromatic heterocycles. The summed E-state index contributed by atoms with van der Waals surface area (Å²) < 4.78 is 0. The number of carboxylic acids is 1. The molecule has 0 aliphatic carbocycles. The molecule has 0 unspecified atom stereocenters. The first kappa shape index (κ1) is 10.6. The Morgan fingerprint density at radius 2 is 2.14 bits per heavy atom. The molecule has 76 valence electrons. The topological polar surface area (TPSA) is 63.1 Å². The Labute approximate surface area is 83.0 Å². The highest BCUT2D eigenvalue weighted by atomic mass is 16.4. The van der Waals surface area contributed by atoms with Crippen LogP contribution in [0.5, 0.6) is 0 Å². The summed E-state index contributed by atoms with van der Waals surface area (Å²) in [5.41, 5.74) is 0.791. The molecule has 0 spiro atoms. The predicted octanol–water partition coefficient (Wildman–Crippen LogP) is 1.40. The van der Waals surface area contributed by atoms with Crippen LogP contribution in [0.25, 0.3) is 0 Å². The van der Waals surface area contributed by atoms with Gasteiger partial charge in [0.15, 0.2) is 0 Å². The zero-order valence-corrected chi connectivity index (χ0v) is 8.61. The summed E-state index contributed by atoms with van der Waals surface area (Å²) in [5, 5.41) is 8.58. The Hall–Kier alpha value is -1.45. The molecule has 14 heavy (non-hydrogen) atoms. The standard InChI is InChI=1S/C10H14N2O2/c1-10(2,3)7-4-5-11-8(12-7)6-9(13)14/h4-5H,6H2,1-3H3,(H,13,14). The summed E-state index contributed by atoms with van der Waals surface area (Å²) in [6.45, 7) is 6.08. The van der Waals surface area contributed by atoms with Gasteiger partial charge >= 0.3 is 5.97 Å². The van der Waals surface area contributed by atoms with E-state index in [4.69, 9.17) is 5.11 Å². The molecule has 0 atom stereocenters. The van der Waals surface area contributed by atoms with Gasteiger partial charge in [-0.3, -0.25) is 4.79 Å². The Morgan fingerprint density at radius 1 is 1.50 bits per heavy atom. The van der Waals surface area contributed by atoms with E-state index in [0.29, 0.717) is 5.82 Å². The van der Waals surface area contributed by atoms with E-state index in [1.54, 1.807) is 6.20 Å². The highest BCUT2D eigenvalue weighted by molar-refractivity contribution is 5.68. The van der Waals surface area contributed by atoms with Crippen molar-refractivity contribution in [2.75, 3.05) is 0 Å². The van der Waals surface area contributed by atoms with Crippen LogP contribution in [0.4, 0.5) is 0 Å². The van der Waals surface area contributed by atoms with Crippen molar-refractivity contribution in [1.29, 1.82) is 0 Å². The molecule has 1 heterocycles. The molecular formula is C10H14N2O2. The van der Waals surface area contributed by atoms with Gasteiger partial charge in [-0.2, -0.15) is 0 Å². The van der Waals surface area contributed by atoms with Crippen LogP contribution in [0.15, 0.2) is 12.3 Å². The Balaban J connectivity index is 2.95. The maximum absolute atomic E-state index is 10.4. The molecule has 0 aromatic carbocycles. The molecule has 1 aromatic rings. The quantitative estimate of drug-likeness (QED) is 0.773. The zero-order chi connectivity index (χ0) is 10.8. The van der Waals surface area contributed by atoms with Gasteiger partial charge in [0, 0.05) is 17.3 Å². The number of rotatable bonds is 2. The van der Waals surface area contributed by atoms with Gasteiger partial charge in [0.25, 0.3) is 0 Å². The third kappa shape index (κ3) is 2.80. The molecule has 4 nitrogen and oxygen atoms in total. The minimum Gasteiger partial charge on any atom is -0.481 e. The van der Waals surface area contributed by atoms with Crippen molar-refractivity contribution in [1.82, 2.24) is 9.97 Å². The first-order valence-corrected chi connectivity index (χ1v) is 4.44. The molecule has 0 saturated heterocycles. The third-order valence-corrected chi connectivity index (χ3v) is 1.78. The first-order valence-electron chi connectivity index (χ1n) is 4.44. The summed E-state index contributed by atoms with van der Waals surface area (Å²) in [7, 11) is 0. The smallest absolute Gasteiger partial charge is 0.311 e. The molecule has 1 N–H and O–H groups in total.